The summed E-state index contributed by atoms with van der Waals surface area (Å²) in [5.74, 6) is 0.877. The summed E-state index contributed by atoms with van der Waals surface area (Å²) in [5, 5.41) is 9.69. The molecule has 3 N–H and O–H groups in total. The molecule has 0 aliphatic carbocycles. The van der Waals surface area contributed by atoms with E-state index >= 15 is 0 Å². The Morgan fingerprint density at radius 2 is 1.95 bits per heavy atom. The molecule has 1 aromatic carbocycles. The van der Waals surface area contributed by atoms with Gasteiger partial charge in [-0.2, -0.15) is 0 Å². The van der Waals surface area contributed by atoms with Gasteiger partial charge in [-0.25, -0.2) is 0 Å². The first-order valence-electron chi connectivity index (χ1n) is 8.09. The Kier molecular flexibility index (Phi) is 4.88. The average Bonchev–Trinajstić information content (AvgIpc) is 2.50. The molecular formula is C17H25N3O. The SMILES string of the molecule is O=C(NC1CNC1)C1CCC(CCc2ccccc2)CN1. The maximum atomic E-state index is 12.1. The summed E-state index contributed by atoms with van der Waals surface area (Å²) in [6.45, 7) is 2.80. The smallest absolute Gasteiger partial charge is 0.237 e. The summed E-state index contributed by atoms with van der Waals surface area (Å²) in [5.41, 5.74) is 1.41. The van der Waals surface area contributed by atoms with Gasteiger partial charge in [0.1, 0.15) is 0 Å². The van der Waals surface area contributed by atoms with Crippen molar-refractivity contribution >= 4 is 5.91 Å². The fourth-order valence-corrected chi connectivity index (χ4v) is 3.09. The molecule has 4 nitrogen and oxygen atoms in total. The summed E-state index contributed by atoms with van der Waals surface area (Å²) < 4.78 is 0. The van der Waals surface area contributed by atoms with Crippen LogP contribution in [0.1, 0.15) is 24.8 Å². The second-order valence-corrected chi connectivity index (χ2v) is 6.29. The maximum absolute atomic E-state index is 12.1. The van der Waals surface area contributed by atoms with Crippen LogP contribution in [-0.4, -0.2) is 37.6 Å². The monoisotopic (exact) mass is 287 g/mol. The average molecular weight is 287 g/mol. The second-order valence-electron chi connectivity index (χ2n) is 6.29. The quantitative estimate of drug-likeness (QED) is 0.759. The lowest BCUT2D eigenvalue weighted by Crippen LogP contribution is -2.60. The molecule has 1 amide bonds. The van der Waals surface area contributed by atoms with Gasteiger partial charge >= 0.3 is 0 Å². The number of rotatable bonds is 5. The Labute approximate surface area is 126 Å². The highest BCUT2D eigenvalue weighted by Gasteiger charge is 2.28. The van der Waals surface area contributed by atoms with E-state index in [2.05, 4.69) is 46.3 Å². The molecule has 2 fully saturated rings. The minimum absolute atomic E-state index is 0.0126. The molecule has 2 aliphatic rings. The third-order valence-electron chi connectivity index (χ3n) is 4.64. The van der Waals surface area contributed by atoms with Crippen LogP contribution in [0.4, 0.5) is 0 Å². The van der Waals surface area contributed by atoms with E-state index in [1.807, 2.05) is 0 Å². The van der Waals surface area contributed by atoms with Crippen LogP contribution < -0.4 is 16.0 Å². The molecule has 2 aliphatic heterocycles. The van der Waals surface area contributed by atoms with E-state index in [1.165, 1.54) is 12.0 Å². The van der Waals surface area contributed by atoms with Gasteiger partial charge < -0.3 is 16.0 Å². The molecule has 2 atom stereocenters. The Balaban J connectivity index is 1.37. The summed E-state index contributed by atoms with van der Waals surface area (Å²) in [4.78, 5) is 12.1. The predicted octanol–water partition coefficient (Wildman–Crippen LogP) is 1.08. The molecule has 2 saturated heterocycles. The highest BCUT2D eigenvalue weighted by atomic mass is 16.2. The van der Waals surface area contributed by atoms with E-state index in [0.29, 0.717) is 12.0 Å². The molecule has 0 radical (unpaired) electrons. The van der Waals surface area contributed by atoms with Crippen LogP contribution in [0.15, 0.2) is 30.3 Å². The number of amides is 1. The molecular weight excluding hydrogens is 262 g/mol. The van der Waals surface area contributed by atoms with E-state index in [4.69, 9.17) is 0 Å². The number of hydrogen-bond acceptors (Lipinski definition) is 3. The third kappa shape index (κ3) is 4.05. The van der Waals surface area contributed by atoms with Gasteiger partial charge in [0.25, 0.3) is 0 Å². The highest BCUT2D eigenvalue weighted by molar-refractivity contribution is 5.82. The molecule has 0 aromatic heterocycles. The molecule has 2 heterocycles. The van der Waals surface area contributed by atoms with Crippen molar-refractivity contribution in [3.05, 3.63) is 35.9 Å². The van der Waals surface area contributed by atoms with E-state index < -0.39 is 0 Å². The van der Waals surface area contributed by atoms with Crippen LogP contribution in [-0.2, 0) is 11.2 Å². The Morgan fingerprint density at radius 1 is 1.14 bits per heavy atom. The first kappa shape index (κ1) is 14.5. The minimum atomic E-state index is 0.0126. The number of piperidine rings is 1. The van der Waals surface area contributed by atoms with Crippen molar-refractivity contribution in [2.24, 2.45) is 5.92 Å². The number of benzene rings is 1. The van der Waals surface area contributed by atoms with Crippen LogP contribution in [0.5, 0.6) is 0 Å². The molecule has 0 saturated carbocycles. The number of aryl methyl sites for hydroxylation is 1. The fourth-order valence-electron chi connectivity index (χ4n) is 3.09. The molecule has 1 aromatic rings. The lowest BCUT2D eigenvalue weighted by molar-refractivity contribution is -0.124. The van der Waals surface area contributed by atoms with E-state index in [0.717, 1.165) is 38.9 Å². The Bertz CT molecular complexity index is 450. The van der Waals surface area contributed by atoms with Gasteiger partial charge in [0, 0.05) is 13.1 Å². The molecule has 0 spiro atoms. The first-order valence-corrected chi connectivity index (χ1v) is 8.09. The molecule has 4 heteroatoms. The van der Waals surface area contributed by atoms with Gasteiger partial charge in [-0.05, 0) is 43.7 Å². The first-order chi connectivity index (χ1) is 10.3. The molecule has 3 rings (SSSR count). The number of carbonyl (C=O) groups is 1. The van der Waals surface area contributed by atoms with Crippen LogP contribution in [0.25, 0.3) is 0 Å². The van der Waals surface area contributed by atoms with Gasteiger partial charge in [-0.1, -0.05) is 30.3 Å². The lowest BCUT2D eigenvalue weighted by atomic mass is 9.89. The van der Waals surface area contributed by atoms with Crippen LogP contribution >= 0.6 is 0 Å². The van der Waals surface area contributed by atoms with Crippen molar-refractivity contribution in [3.8, 4) is 0 Å². The largest absolute Gasteiger partial charge is 0.349 e. The molecule has 0 bridgehead atoms. The highest BCUT2D eigenvalue weighted by Crippen LogP contribution is 2.20. The zero-order valence-electron chi connectivity index (χ0n) is 12.5. The maximum Gasteiger partial charge on any atom is 0.237 e. The van der Waals surface area contributed by atoms with E-state index in [-0.39, 0.29) is 11.9 Å². The minimum Gasteiger partial charge on any atom is -0.349 e. The topological polar surface area (TPSA) is 53.2 Å². The van der Waals surface area contributed by atoms with Gasteiger partial charge in [0.15, 0.2) is 0 Å². The number of nitrogens with one attached hydrogen (secondary N) is 3. The van der Waals surface area contributed by atoms with Gasteiger partial charge in [0.2, 0.25) is 5.91 Å². The standard InChI is InChI=1S/C17H25N3O/c21-17(20-15-11-18-12-15)16-9-8-14(10-19-16)7-6-13-4-2-1-3-5-13/h1-5,14-16,18-19H,6-12H2,(H,20,21). The van der Waals surface area contributed by atoms with Gasteiger partial charge in [0.05, 0.1) is 12.1 Å². The third-order valence-corrected chi connectivity index (χ3v) is 4.64. The normalized spacial score (nSPS) is 26.1. The van der Waals surface area contributed by atoms with Crippen LogP contribution in [0.2, 0.25) is 0 Å². The van der Waals surface area contributed by atoms with E-state index in [1.54, 1.807) is 0 Å². The van der Waals surface area contributed by atoms with E-state index in [9.17, 15) is 4.79 Å². The van der Waals surface area contributed by atoms with Crippen molar-refractivity contribution in [2.45, 2.75) is 37.8 Å². The van der Waals surface area contributed by atoms with Crippen molar-refractivity contribution in [1.29, 1.82) is 0 Å². The summed E-state index contributed by atoms with van der Waals surface area (Å²) >= 11 is 0. The summed E-state index contributed by atoms with van der Waals surface area (Å²) in [7, 11) is 0. The molecule has 114 valence electrons. The molecule has 2 unspecified atom stereocenters. The Hall–Kier alpha value is -1.39. The van der Waals surface area contributed by atoms with Gasteiger partial charge in [-0.15, -0.1) is 0 Å². The summed E-state index contributed by atoms with van der Waals surface area (Å²) in [6, 6.07) is 11.0. The predicted molar refractivity (Wildman–Crippen MR) is 84.1 cm³/mol. The van der Waals surface area contributed by atoms with Crippen molar-refractivity contribution in [3.63, 3.8) is 0 Å². The second kappa shape index (κ2) is 7.05. The van der Waals surface area contributed by atoms with Crippen LogP contribution in [0.3, 0.4) is 0 Å². The van der Waals surface area contributed by atoms with Crippen molar-refractivity contribution in [2.75, 3.05) is 19.6 Å². The number of hydrogen-bond donors (Lipinski definition) is 3. The molecule has 21 heavy (non-hydrogen) atoms. The fraction of sp³-hybridized carbons (Fsp3) is 0.588. The van der Waals surface area contributed by atoms with Gasteiger partial charge in [-0.3, -0.25) is 4.79 Å². The Morgan fingerprint density at radius 3 is 2.57 bits per heavy atom. The number of carbonyl (C=O) groups excluding carboxylic acids is 1. The zero-order chi connectivity index (χ0) is 14.5. The van der Waals surface area contributed by atoms with Crippen molar-refractivity contribution in [1.82, 2.24) is 16.0 Å². The lowest BCUT2D eigenvalue weighted by Gasteiger charge is -2.33. The van der Waals surface area contributed by atoms with Crippen molar-refractivity contribution < 1.29 is 4.79 Å². The summed E-state index contributed by atoms with van der Waals surface area (Å²) in [6.07, 6.45) is 4.46. The van der Waals surface area contributed by atoms with Crippen LogP contribution in [0, 0.1) is 5.92 Å². The zero-order valence-corrected chi connectivity index (χ0v) is 12.5.